The number of aromatic hydroxyl groups is 1. The fourth-order valence-electron chi connectivity index (χ4n) is 3.10. The van der Waals surface area contributed by atoms with E-state index in [1.54, 1.807) is 12.1 Å². The molecule has 0 spiro atoms. The fourth-order valence-corrected chi connectivity index (χ4v) is 5.92. The molecule has 1 aliphatic carbocycles. The van der Waals surface area contributed by atoms with E-state index in [1.165, 1.54) is 19.2 Å². The van der Waals surface area contributed by atoms with Gasteiger partial charge in [-0.3, -0.25) is 4.79 Å². The average molecular weight is 415 g/mol. The van der Waals surface area contributed by atoms with Crippen molar-refractivity contribution in [2.24, 2.45) is 0 Å². The van der Waals surface area contributed by atoms with E-state index in [1.807, 2.05) is 6.07 Å². The third-order valence-corrected chi connectivity index (χ3v) is 7.90. The van der Waals surface area contributed by atoms with Gasteiger partial charge >= 0.3 is 0 Å². The van der Waals surface area contributed by atoms with E-state index < -0.39 is 10.0 Å². The van der Waals surface area contributed by atoms with Crippen molar-refractivity contribution in [2.75, 3.05) is 13.6 Å². The summed E-state index contributed by atoms with van der Waals surface area (Å²) in [4.78, 5) is 12.4. The largest absolute Gasteiger partial charge is 0.508 e. The Hall–Kier alpha value is -1.61. The molecule has 1 aliphatic rings. The number of amides is 1. The molecule has 2 aromatic rings. The number of fused-ring (bicyclic) bond motifs is 1. The Morgan fingerprint density at radius 2 is 2.15 bits per heavy atom. The molecule has 1 aromatic heterocycles. The second-order valence-electron chi connectivity index (χ2n) is 6.18. The number of sulfonamides is 1. The topological polar surface area (TPSA) is 86.7 Å². The normalized spacial score (nSPS) is 17.1. The monoisotopic (exact) mass is 414 g/mol. The number of hydrogen-bond donors (Lipinski definition) is 2. The van der Waals surface area contributed by atoms with Crippen molar-refractivity contribution >= 4 is 38.9 Å². The lowest BCUT2D eigenvalue weighted by Gasteiger charge is -2.27. The van der Waals surface area contributed by atoms with Crippen LogP contribution in [0.25, 0.3) is 0 Å². The maximum Gasteiger partial charge on any atom is 0.252 e. The average Bonchev–Trinajstić information content (AvgIpc) is 3.03. The Kier molecular flexibility index (Phi) is 5.57. The molecule has 0 fully saturated rings. The minimum Gasteiger partial charge on any atom is -0.508 e. The van der Waals surface area contributed by atoms with E-state index in [9.17, 15) is 18.3 Å². The molecule has 0 bridgehead atoms. The van der Waals surface area contributed by atoms with Crippen molar-refractivity contribution in [3.05, 3.63) is 45.8 Å². The number of thiophene rings is 1. The highest BCUT2D eigenvalue weighted by atomic mass is 35.5. The number of hydrogen-bond acceptors (Lipinski definition) is 5. The standard InChI is InChI=1S/C17H19ClN2O4S2/c1-20(26(23,24)17-9-8-15(18)25-17)10-16(22)19-13-6-2-5-12-11(13)4-3-7-14(12)21/h3-4,7-9,13,21H,2,5-6,10H2,1H3,(H,19,22)/t13-/m1/s1. The van der Waals surface area contributed by atoms with Crippen LogP contribution in [0.2, 0.25) is 4.34 Å². The number of rotatable bonds is 5. The second-order valence-corrected chi connectivity index (χ2v) is 10.2. The third kappa shape index (κ3) is 3.88. The molecule has 0 saturated heterocycles. The van der Waals surface area contributed by atoms with Crippen molar-refractivity contribution in [1.82, 2.24) is 9.62 Å². The first-order valence-corrected chi connectivity index (χ1v) is 10.7. The maximum atomic E-state index is 12.5. The molecule has 0 unspecified atom stereocenters. The van der Waals surface area contributed by atoms with Crippen LogP contribution in [-0.2, 0) is 21.2 Å². The van der Waals surface area contributed by atoms with Crippen LogP contribution < -0.4 is 5.32 Å². The number of nitrogens with one attached hydrogen (secondary N) is 1. The van der Waals surface area contributed by atoms with Gasteiger partial charge in [0.1, 0.15) is 9.96 Å². The molecular weight excluding hydrogens is 396 g/mol. The lowest BCUT2D eigenvalue weighted by molar-refractivity contribution is -0.122. The van der Waals surface area contributed by atoms with Crippen LogP contribution in [0.5, 0.6) is 5.75 Å². The molecule has 0 aliphatic heterocycles. The zero-order chi connectivity index (χ0) is 18.9. The number of halogens is 1. The van der Waals surface area contributed by atoms with Crippen molar-refractivity contribution in [1.29, 1.82) is 0 Å². The predicted octanol–water partition coefficient (Wildman–Crippen LogP) is 2.92. The molecule has 9 heteroatoms. The smallest absolute Gasteiger partial charge is 0.252 e. The van der Waals surface area contributed by atoms with Gasteiger partial charge in [-0.2, -0.15) is 4.31 Å². The number of phenols is 1. The van der Waals surface area contributed by atoms with Crippen molar-refractivity contribution in [3.8, 4) is 5.75 Å². The van der Waals surface area contributed by atoms with Gasteiger partial charge in [-0.05, 0) is 48.6 Å². The van der Waals surface area contributed by atoms with E-state index in [-0.39, 0.29) is 28.5 Å². The maximum absolute atomic E-state index is 12.5. The van der Waals surface area contributed by atoms with Gasteiger partial charge in [-0.15, -0.1) is 11.3 Å². The van der Waals surface area contributed by atoms with Crippen LogP contribution in [0.4, 0.5) is 0 Å². The van der Waals surface area contributed by atoms with Gasteiger partial charge in [0.25, 0.3) is 10.0 Å². The van der Waals surface area contributed by atoms with Gasteiger partial charge in [0.05, 0.1) is 16.9 Å². The van der Waals surface area contributed by atoms with Crippen molar-refractivity contribution in [3.63, 3.8) is 0 Å². The SMILES string of the molecule is CN(CC(=O)N[C@@H]1CCCc2c(O)cccc21)S(=O)(=O)c1ccc(Cl)s1. The molecule has 0 saturated carbocycles. The predicted molar refractivity (Wildman–Crippen MR) is 101 cm³/mol. The highest BCUT2D eigenvalue weighted by Gasteiger charge is 2.27. The van der Waals surface area contributed by atoms with Crippen LogP contribution in [0.15, 0.2) is 34.5 Å². The lowest BCUT2D eigenvalue weighted by atomic mass is 9.87. The number of carbonyl (C=O) groups excluding carboxylic acids is 1. The van der Waals surface area contributed by atoms with Gasteiger partial charge in [-0.1, -0.05) is 23.7 Å². The lowest BCUT2D eigenvalue weighted by Crippen LogP contribution is -2.40. The minimum atomic E-state index is -3.75. The van der Waals surface area contributed by atoms with E-state index in [4.69, 9.17) is 11.6 Å². The second kappa shape index (κ2) is 7.56. The fraction of sp³-hybridized carbons (Fsp3) is 0.353. The summed E-state index contributed by atoms with van der Waals surface area (Å²) in [6.07, 6.45) is 2.36. The van der Waals surface area contributed by atoms with Crippen molar-refractivity contribution < 1.29 is 18.3 Å². The molecule has 2 N–H and O–H groups in total. The van der Waals surface area contributed by atoms with Crippen LogP contribution in [0, 0.1) is 0 Å². The van der Waals surface area contributed by atoms with Gasteiger partial charge in [0.15, 0.2) is 0 Å². The summed E-state index contributed by atoms with van der Waals surface area (Å²) in [5, 5.41) is 12.9. The van der Waals surface area contributed by atoms with Crippen LogP contribution in [0.3, 0.4) is 0 Å². The molecule has 1 aromatic carbocycles. The Morgan fingerprint density at radius 3 is 2.85 bits per heavy atom. The van der Waals surface area contributed by atoms with Crippen molar-refractivity contribution in [2.45, 2.75) is 29.5 Å². The number of benzene rings is 1. The Morgan fingerprint density at radius 1 is 1.38 bits per heavy atom. The molecule has 3 rings (SSSR count). The first kappa shape index (κ1) is 19.2. The molecule has 26 heavy (non-hydrogen) atoms. The molecular formula is C17H19ClN2O4S2. The Balaban J connectivity index is 1.69. The first-order valence-electron chi connectivity index (χ1n) is 8.11. The third-order valence-electron chi connectivity index (χ3n) is 4.40. The quantitative estimate of drug-likeness (QED) is 0.787. The molecule has 1 heterocycles. The number of carbonyl (C=O) groups is 1. The molecule has 6 nitrogen and oxygen atoms in total. The van der Waals surface area contributed by atoms with Gasteiger partial charge in [0.2, 0.25) is 5.91 Å². The summed E-state index contributed by atoms with van der Waals surface area (Å²) in [6, 6.07) is 7.97. The summed E-state index contributed by atoms with van der Waals surface area (Å²) >= 11 is 6.76. The highest BCUT2D eigenvalue weighted by Crippen LogP contribution is 2.34. The molecule has 0 radical (unpaired) electrons. The number of likely N-dealkylation sites (N-methyl/N-ethyl adjacent to an activating group) is 1. The van der Waals surface area contributed by atoms with Crippen LogP contribution in [-0.4, -0.2) is 37.3 Å². The van der Waals surface area contributed by atoms with Gasteiger partial charge in [-0.25, -0.2) is 8.42 Å². The molecule has 1 amide bonds. The van der Waals surface area contributed by atoms with E-state index >= 15 is 0 Å². The Bertz CT molecular complexity index is 927. The zero-order valence-corrected chi connectivity index (χ0v) is 16.5. The van der Waals surface area contributed by atoms with Gasteiger partial charge < -0.3 is 10.4 Å². The van der Waals surface area contributed by atoms with E-state index in [2.05, 4.69) is 5.32 Å². The highest BCUT2D eigenvalue weighted by molar-refractivity contribution is 7.91. The Labute approximate surface area is 161 Å². The number of nitrogens with zero attached hydrogens (tertiary/aromatic N) is 1. The van der Waals surface area contributed by atoms with E-state index in [0.717, 1.165) is 46.0 Å². The number of phenolic OH excluding ortho intramolecular Hbond substituents is 1. The van der Waals surface area contributed by atoms with Crippen LogP contribution in [0.1, 0.15) is 30.0 Å². The zero-order valence-electron chi connectivity index (χ0n) is 14.1. The first-order chi connectivity index (χ1) is 12.3. The summed E-state index contributed by atoms with van der Waals surface area (Å²) < 4.78 is 26.4. The summed E-state index contributed by atoms with van der Waals surface area (Å²) in [6.45, 7) is -0.289. The van der Waals surface area contributed by atoms with Gasteiger partial charge in [0, 0.05) is 7.05 Å². The molecule has 1 atom stereocenters. The minimum absolute atomic E-state index is 0.103. The summed E-state index contributed by atoms with van der Waals surface area (Å²) in [5.74, 6) is -0.157. The van der Waals surface area contributed by atoms with Crippen LogP contribution >= 0.6 is 22.9 Å². The molecule has 140 valence electrons. The summed E-state index contributed by atoms with van der Waals surface area (Å²) in [5.41, 5.74) is 1.73. The summed E-state index contributed by atoms with van der Waals surface area (Å²) in [7, 11) is -2.39. The van der Waals surface area contributed by atoms with E-state index in [0.29, 0.717) is 4.34 Å².